The van der Waals surface area contributed by atoms with Crippen LogP contribution in [-0.2, 0) is 9.59 Å². The van der Waals surface area contributed by atoms with Gasteiger partial charge in [0.05, 0.1) is 4.91 Å². The van der Waals surface area contributed by atoms with Gasteiger partial charge in [0, 0.05) is 10.6 Å². The molecule has 0 aromatic heterocycles. The smallest absolute Gasteiger partial charge is 0.323 e. The lowest BCUT2D eigenvalue weighted by molar-refractivity contribution is -0.140. The minimum absolute atomic E-state index is 0.242. The molecule has 0 bridgehead atoms. The number of carboxylic acids is 1. The van der Waals surface area contributed by atoms with Gasteiger partial charge in [0.2, 0.25) is 0 Å². The highest BCUT2D eigenvalue weighted by atomic mass is 35.5. The van der Waals surface area contributed by atoms with Crippen LogP contribution >= 0.6 is 35.6 Å². The highest BCUT2D eigenvalue weighted by Gasteiger charge is 2.33. The predicted molar refractivity (Wildman–Crippen MR) is 111 cm³/mol. The van der Waals surface area contributed by atoms with Crippen LogP contribution in [0.2, 0.25) is 0 Å². The fourth-order valence-electron chi connectivity index (χ4n) is 2.60. The average molecular weight is 422 g/mol. The van der Waals surface area contributed by atoms with Crippen molar-refractivity contribution >= 4 is 57.9 Å². The Bertz CT molecular complexity index is 891. The van der Waals surface area contributed by atoms with Crippen molar-refractivity contribution in [3.05, 3.63) is 57.5 Å². The van der Waals surface area contributed by atoms with Gasteiger partial charge < -0.3 is 9.84 Å². The molecule has 27 heavy (non-hydrogen) atoms. The van der Waals surface area contributed by atoms with Crippen LogP contribution in [0.15, 0.2) is 51.9 Å². The van der Waals surface area contributed by atoms with E-state index in [4.69, 9.17) is 33.7 Å². The van der Waals surface area contributed by atoms with Gasteiger partial charge in [-0.3, -0.25) is 14.5 Å². The highest BCUT2D eigenvalue weighted by Crippen LogP contribution is 2.33. The number of allylic oxidation sites excluding steroid dienone is 2. The first kappa shape index (κ1) is 19.7. The second-order valence-corrected chi connectivity index (χ2v) is 7.96. The number of aliphatic carboxylic acids is 1. The molecule has 1 fully saturated rings. The second kappa shape index (κ2) is 8.73. The minimum atomic E-state index is -1.10. The Kier molecular flexibility index (Phi) is 6.36. The summed E-state index contributed by atoms with van der Waals surface area (Å²) in [6.45, 7) is -0.0614. The van der Waals surface area contributed by atoms with Crippen LogP contribution in [0, 0.1) is 0 Å². The Balaban J connectivity index is 1.70. The first-order chi connectivity index (χ1) is 12.9. The molecule has 5 nitrogen and oxygen atoms in total. The van der Waals surface area contributed by atoms with Crippen LogP contribution in [-0.4, -0.2) is 39.4 Å². The molecule has 1 saturated heterocycles. The molecular weight excluding hydrogens is 406 g/mol. The molecule has 1 heterocycles. The number of nitrogens with zero attached hydrogens (tertiary/aromatic N) is 1. The molecule has 0 atom stereocenters. The van der Waals surface area contributed by atoms with Gasteiger partial charge in [0.25, 0.3) is 5.91 Å². The van der Waals surface area contributed by atoms with E-state index in [0.717, 1.165) is 45.7 Å². The molecule has 8 heteroatoms. The third-order valence-corrected chi connectivity index (χ3v) is 5.68. The summed E-state index contributed by atoms with van der Waals surface area (Å²) in [4.78, 5) is 24.7. The summed E-state index contributed by atoms with van der Waals surface area (Å²) >= 11 is 12.4. The molecule has 140 valence electrons. The third kappa shape index (κ3) is 5.00. The maximum Gasteiger partial charge on any atom is 0.323 e. The quantitative estimate of drug-likeness (QED) is 0.548. The fourth-order valence-corrected chi connectivity index (χ4v) is 4.10. The first-order valence-corrected chi connectivity index (χ1v) is 9.79. The summed E-state index contributed by atoms with van der Waals surface area (Å²) in [7, 11) is 0. The molecule has 1 aliphatic carbocycles. The Morgan fingerprint density at radius 2 is 2.15 bits per heavy atom. The molecule has 0 spiro atoms. The molecule has 1 aromatic rings. The number of thioether (sulfide) groups is 1. The zero-order valence-electron chi connectivity index (χ0n) is 14.2. The Morgan fingerprint density at radius 1 is 1.37 bits per heavy atom. The highest BCUT2D eigenvalue weighted by molar-refractivity contribution is 8.26. The van der Waals surface area contributed by atoms with Crippen LogP contribution < -0.4 is 4.74 Å². The topological polar surface area (TPSA) is 66.8 Å². The third-order valence-electron chi connectivity index (χ3n) is 3.90. The first-order valence-electron chi connectivity index (χ1n) is 8.19. The van der Waals surface area contributed by atoms with E-state index >= 15 is 0 Å². The van der Waals surface area contributed by atoms with Gasteiger partial charge in [-0.2, -0.15) is 0 Å². The normalized spacial score (nSPS) is 18.6. The summed E-state index contributed by atoms with van der Waals surface area (Å²) in [5.74, 6) is -0.851. The van der Waals surface area contributed by atoms with Crippen molar-refractivity contribution in [2.24, 2.45) is 0 Å². The Labute approximate surface area is 171 Å². The largest absolute Gasteiger partial charge is 0.489 e. The second-order valence-electron chi connectivity index (χ2n) is 5.88. The number of amides is 1. The lowest BCUT2D eigenvalue weighted by Gasteiger charge is -2.13. The van der Waals surface area contributed by atoms with E-state index in [-0.39, 0.29) is 4.32 Å². The van der Waals surface area contributed by atoms with Gasteiger partial charge in [0.1, 0.15) is 23.2 Å². The van der Waals surface area contributed by atoms with Gasteiger partial charge in [-0.05, 0) is 36.6 Å². The summed E-state index contributed by atoms with van der Waals surface area (Å²) in [5.41, 5.74) is 1.73. The van der Waals surface area contributed by atoms with Gasteiger partial charge in [-0.15, -0.1) is 0 Å². The van der Waals surface area contributed by atoms with Gasteiger partial charge in [0.15, 0.2) is 0 Å². The standard InChI is InChI=1S/C19H16ClNO4S2/c20-15-7-2-1-5-13(15)11-25-14-6-3-4-12(8-14)9-16-18(24)21(10-17(22)23)19(26)27-16/h3-9H,1-2,10-11H2,(H,22,23)/b16-9-. The predicted octanol–water partition coefficient (Wildman–Crippen LogP) is 4.19. The molecule has 0 saturated carbocycles. The van der Waals surface area contributed by atoms with E-state index in [9.17, 15) is 9.59 Å². The SMILES string of the molecule is O=C(O)CN1C(=O)/C(=C/c2cccc(OCC3=CCCC=C3Cl)c2)SC1=S. The molecule has 1 aromatic carbocycles. The Hall–Kier alpha value is -2.09. The van der Waals surface area contributed by atoms with Gasteiger partial charge in [-0.25, -0.2) is 0 Å². The number of halogens is 1. The van der Waals surface area contributed by atoms with Crippen molar-refractivity contribution in [1.82, 2.24) is 4.90 Å². The van der Waals surface area contributed by atoms with Crippen molar-refractivity contribution in [2.75, 3.05) is 13.2 Å². The van der Waals surface area contributed by atoms with E-state index < -0.39 is 18.4 Å². The van der Waals surface area contributed by atoms with E-state index in [1.54, 1.807) is 6.08 Å². The van der Waals surface area contributed by atoms with E-state index in [1.807, 2.05) is 30.3 Å². The number of carboxylic acid groups (broad SMARTS) is 1. The van der Waals surface area contributed by atoms with Gasteiger partial charge >= 0.3 is 5.97 Å². The summed E-state index contributed by atoms with van der Waals surface area (Å²) in [5, 5.41) is 9.61. The minimum Gasteiger partial charge on any atom is -0.489 e. The number of carbonyl (C=O) groups excluding carboxylic acids is 1. The fraction of sp³-hybridized carbons (Fsp3) is 0.211. The molecule has 1 amide bonds. The monoisotopic (exact) mass is 421 g/mol. The number of hydrogen-bond acceptors (Lipinski definition) is 5. The average Bonchev–Trinajstić information content (AvgIpc) is 2.88. The molecule has 3 rings (SSSR count). The number of hydrogen-bond donors (Lipinski definition) is 1. The molecule has 0 unspecified atom stereocenters. The van der Waals surface area contributed by atoms with Crippen LogP contribution in [0.1, 0.15) is 18.4 Å². The van der Waals surface area contributed by atoms with Crippen molar-refractivity contribution in [3.8, 4) is 5.75 Å². The summed E-state index contributed by atoms with van der Waals surface area (Å²) < 4.78 is 6.06. The van der Waals surface area contributed by atoms with E-state index in [1.165, 1.54) is 0 Å². The van der Waals surface area contributed by atoms with Crippen molar-refractivity contribution in [1.29, 1.82) is 0 Å². The molecule has 1 N–H and O–H groups in total. The van der Waals surface area contributed by atoms with Crippen LogP contribution in [0.25, 0.3) is 6.08 Å². The number of rotatable bonds is 6. The van der Waals surface area contributed by atoms with Crippen molar-refractivity contribution < 1.29 is 19.4 Å². The van der Waals surface area contributed by atoms with E-state index in [0.29, 0.717) is 17.3 Å². The van der Waals surface area contributed by atoms with Gasteiger partial charge in [-0.1, -0.05) is 59.9 Å². The molecular formula is C19H16ClNO4S2. The lowest BCUT2D eigenvalue weighted by Crippen LogP contribution is -2.33. The summed E-state index contributed by atoms with van der Waals surface area (Å²) in [6.07, 6.45) is 7.63. The maximum absolute atomic E-state index is 12.3. The zero-order valence-corrected chi connectivity index (χ0v) is 16.6. The van der Waals surface area contributed by atoms with Crippen molar-refractivity contribution in [3.63, 3.8) is 0 Å². The van der Waals surface area contributed by atoms with Crippen LogP contribution in [0.4, 0.5) is 0 Å². The van der Waals surface area contributed by atoms with Crippen LogP contribution in [0.3, 0.4) is 0 Å². The number of carbonyl (C=O) groups is 2. The molecule has 1 aliphatic heterocycles. The van der Waals surface area contributed by atoms with Crippen molar-refractivity contribution in [2.45, 2.75) is 12.8 Å². The lowest BCUT2D eigenvalue weighted by atomic mass is 10.1. The number of benzene rings is 1. The summed E-state index contributed by atoms with van der Waals surface area (Å²) in [6, 6.07) is 7.30. The van der Waals surface area contributed by atoms with Crippen LogP contribution in [0.5, 0.6) is 5.75 Å². The van der Waals surface area contributed by atoms with E-state index in [2.05, 4.69) is 6.08 Å². The molecule has 2 aliphatic rings. The number of thiocarbonyl (C=S) groups is 1. The number of ether oxygens (including phenoxy) is 1. The molecule has 0 radical (unpaired) electrons. The zero-order chi connectivity index (χ0) is 19.4. The maximum atomic E-state index is 12.3. The Morgan fingerprint density at radius 3 is 2.89 bits per heavy atom.